The maximum Gasteiger partial charge on any atom is 0.0444 e. The molecule has 1 aliphatic rings. The summed E-state index contributed by atoms with van der Waals surface area (Å²) in [5.41, 5.74) is 5.49. The molecule has 92 valence electrons. The van der Waals surface area contributed by atoms with E-state index >= 15 is 0 Å². The van der Waals surface area contributed by atoms with Crippen molar-refractivity contribution in [3.8, 4) is 0 Å². The van der Waals surface area contributed by atoms with Crippen molar-refractivity contribution in [2.24, 2.45) is 0 Å². The Bertz CT molecular complexity index is 534. The van der Waals surface area contributed by atoms with Crippen molar-refractivity contribution >= 4 is 11.4 Å². The zero-order valence-corrected chi connectivity index (χ0v) is 10.7. The van der Waals surface area contributed by atoms with Crippen LogP contribution in [0.4, 0.5) is 11.4 Å². The second-order valence-corrected chi connectivity index (χ2v) is 4.74. The van der Waals surface area contributed by atoms with Crippen molar-refractivity contribution in [2.45, 2.75) is 13.0 Å². The lowest BCUT2D eigenvalue weighted by atomic mass is 9.98. The van der Waals surface area contributed by atoms with E-state index in [1.807, 2.05) is 0 Å². The summed E-state index contributed by atoms with van der Waals surface area (Å²) in [4.78, 5) is 2.28. The number of hydrogen-bond acceptors (Lipinski definition) is 2. The lowest BCUT2D eigenvalue weighted by molar-refractivity contribution is 0.644. The molecule has 0 atom stereocenters. The molecule has 0 unspecified atom stereocenters. The predicted octanol–water partition coefficient (Wildman–Crippen LogP) is 3.10. The minimum absolute atomic E-state index is 0.992. The summed E-state index contributed by atoms with van der Waals surface area (Å²) in [6.07, 6.45) is 1.11. The Morgan fingerprint density at radius 2 is 1.83 bits per heavy atom. The number of nitrogens with zero attached hydrogens (tertiary/aromatic N) is 1. The molecule has 2 aromatic carbocycles. The van der Waals surface area contributed by atoms with E-state index in [1.54, 1.807) is 0 Å². The number of fused-ring (bicyclic) bond motifs is 1. The Morgan fingerprint density at radius 3 is 2.67 bits per heavy atom. The number of anilines is 2. The van der Waals surface area contributed by atoms with E-state index in [2.05, 4.69) is 65.8 Å². The van der Waals surface area contributed by atoms with Crippen LogP contribution in [-0.2, 0) is 13.0 Å². The van der Waals surface area contributed by atoms with Gasteiger partial charge in [-0.2, -0.15) is 0 Å². The molecule has 1 aliphatic heterocycles. The Hall–Kier alpha value is -1.80. The van der Waals surface area contributed by atoms with Crippen LogP contribution in [0.1, 0.15) is 11.1 Å². The fourth-order valence-corrected chi connectivity index (χ4v) is 2.62. The Labute approximate surface area is 108 Å². The van der Waals surface area contributed by atoms with Crippen LogP contribution in [0.2, 0.25) is 0 Å². The molecule has 18 heavy (non-hydrogen) atoms. The monoisotopic (exact) mass is 238 g/mol. The van der Waals surface area contributed by atoms with Crippen LogP contribution in [0, 0.1) is 0 Å². The largest absolute Gasteiger partial charge is 0.344 e. The van der Waals surface area contributed by atoms with Crippen molar-refractivity contribution in [3.05, 3.63) is 59.7 Å². The lowest BCUT2D eigenvalue weighted by Crippen LogP contribution is -2.25. The Balaban J connectivity index is 2.02. The topological polar surface area (TPSA) is 15.3 Å². The van der Waals surface area contributed by atoms with Crippen LogP contribution in [0.5, 0.6) is 0 Å². The van der Waals surface area contributed by atoms with Crippen molar-refractivity contribution in [2.75, 3.05) is 18.5 Å². The predicted molar refractivity (Wildman–Crippen MR) is 76.4 cm³/mol. The first-order valence-corrected chi connectivity index (χ1v) is 6.46. The quantitative estimate of drug-likeness (QED) is 0.865. The van der Waals surface area contributed by atoms with Crippen molar-refractivity contribution in [3.63, 3.8) is 0 Å². The third kappa shape index (κ3) is 2.00. The molecule has 1 heterocycles. The van der Waals surface area contributed by atoms with Gasteiger partial charge in [0.1, 0.15) is 0 Å². The lowest BCUT2D eigenvalue weighted by Gasteiger charge is -2.27. The molecule has 0 bridgehead atoms. The molecule has 1 N–H and O–H groups in total. The minimum atomic E-state index is 0.992. The molecule has 3 rings (SSSR count). The van der Waals surface area contributed by atoms with Gasteiger partial charge in [-0.25, -0.2) is 0 Å². The minimum Gasteiger partial charge on any atom is -0.344 e. The van der Waals surface area contributed by atoms with Gasteiger partial charge in [-0.05, 0) is 42.3 Å². The van der Waals surface area contributed by atoms with Crippen LogP contribution in [-0.4, -0.2) is 13.6 Å². The normalized spacial score (nSPS) is 14.1. The van der Waals surface area contributed by atoms with Gasteiger partial charge in [0, 0.05) is 25.0 Å². The van der Waals surface area contributed by atoms with Gasteiger partial charge in [-0.1, -0.05) is 30.3 Å². The first-order chi connectivity index (χ1) is 8.86. The Morgan fingerprint density at radius 1 is 1.00 bits per heavy atom. The summed E-state index contributed by atoms with van der Waals surface area (Å²) in [7, 11) is 2.15. The first kappa shape index (κ1) is 11.3. The summed E-state index contributed by atoms with van der Waals surface area (Å²) in [6, 6.07) is 17.1. The molecule has 0 saturated heterocycles. The maximum absolute atomic E-state index is 3.43. The van der Waals surface area contributed by atoms with Crippen LogP contribution < -0.4 is 10.2 Å². The number of para-hydroxylation sites is 1. The summed E-state index contributed by atoms with van der Waals surface area (Å²) in [6.45, 7) is 2.07. The SMILES string of the molecule is CN(c1ccccc1)c1cccc2c1CCNC2. The van der Waals surface area contributed by atoms with Gasteiger partial charge in [0.15, 0.2) is 0 Å². The third-order valence-corrected chi connectivity index (χ3v) is 3.62. The molecule has 0 spiro atoms. The molecule has 0 aliphatic carbocycles. The highest BCUT2D eigenvalue weighted by molar-refractivity contribution is 5.67. The van der Waals surface area contributed by atoms with Gasteiger partial charge in [0.25, 0.3) is 0 Å². The Kier molecular flexibility index (Phi) is 3.03. The highest BCUT2D eigenvalue weighted by Gasteiger charge is 2.15. The van der Waals surface area contributed by atoms with E-state index < -0.39 is 0 Å². The zero-order chi connectivity index (χ0) is 12.4. The molecule has 0 saturated carbocycles. The second kappa shape index (κ2) is 4.83. The van der Waals surface area contributed by atoms with E-state index in [9.17, 15) is 0 Å². The van der Waals surface area contributed by atoms with Gasteiger partial charge < -0.3 is 10.2 Å². The van der Waals surface area contributed by atoms with E-state index in [0.29, 0.717) is 0 Å². The summed E-state index contributed by atoms with van der Waals surface area (Å²) in [5.74, 6) is 0. The fourth-order valence-electron chi connectivity index (χ4n) is 2.62. The molecule has 0 aromatic heterocycles. The second-order valence-electron chi connectivity index (χ2n) is 4.74. The highest BCUT2D eigenvalue weighted by Crippen LogP contribution is 2.30. The smallest absolute Gasteiger partial charge is 0.0444 e. The molecule has 0 fully saturated rings. The van der Waals surface area contributed by atoms with E-state index in [1.165, 1.54) is 22.5 Å². The molecular weight excluding hydrogens is 220 g/mol. The molecular formula is C16H18N2. The fraction of sp³-hybridized carbons (Fsp3) is 0.250. The van der Waals surface area contributed by atoms with Crippen LogP contribution in [0.25, 0.3) is 0 Å². The number of rotatable bonds is 2. The van der Waals surface area contributed by atoms with E-state index in [0.717, 1.165) is 19.5 Å². The van der Waals surface area contributed by atoms with E-state index in [-0.39, 0.29) is 0 Å². The molecule has 0 radical (unpaired) electrons. The van der Waals surface area contributed by atoms with Gasteiger partial charge in [0.05, 0.1) is 0 Å². The summed E-state index contributed by atoms with van der Waals surface area (Å²) >= 11 is 0. The average Bonchev–Trinajstić information content (AvgIpc) is 2.47. The molecule has 2 heteroatoms. The third-order valence-electron chi connectivity index (χ3n) is 3.62. The van der Waals surface area contributed by atoms with Crippen molar-refractivity contribution in [1.29, 1.82) is 0 Å². The number of benzene rings is 2. The van der Waals surface area contributed by atoms with Gasteiger partial charge >= 0.3 is 0 Å². The van der Waals surface area contributed by atoms with Gasteiger partial charge in [0.2, 0.25) is 0 Å². The molecule has 2 nitrogen and oxygen atoms in total. The van der Waals surface area contributed by atoms with Crippen LogP contribution in [0.3, 0.4) is 0 Å². The average molecular weight is 238 g/mol. The van der Waals surface area contributed by atoms with Crippen LogP contribution in [0.15, 0.2) is 48.5 Å². The zero-order valence-electron chi connectivity index (χ0n) is 10.7. The first-order valence-electron chi connectivity index (χ1n) is 6.46. The molecule has 2 aromatic rings. The van der Waals surface area contributed by atoms with Crippen LogP contribution >= 0.6 is 0 Å². The van der Waals surface area contributed by atoms with Crippen molar-refractivity contribution < 1.29 is 0 Å². The number of nitrogens with one attached hydrogen (secondary N) is 1. The van der Waals surface area contributed by atoms with Gasteiger partial charge in [-0.15, -0.1) is 0 Å². The standard InChI is InChI=1S/C16H18N2/c1-18(14-7-3-2-4-8-14)16-9-5-6-13-12-17-11-10-15(13)16/h2-9,17H,10-12H2,1H3. The summed E-state index contributed by atoms with van der Waals surface area (Å²) in [5, 5.41) is 3.43. The number of hydrogen-bond donors (Lipinski definition) is 1. The maximum atomic E-state index is 3.43. The van der Waals surface area contributed by atoms with Gasteiger partial charge in [-0.3, -0.25) is 0 Å². The van der Waals surface area contributed by atoms with E-state index in [4.69, 9.17) is 0 Å². The molecule has 0 amide bonds. The van der Waals surface area contributed by atoms with Crippen molar-refractivity contribution in [1.82, 2.24) is 5.32 Å². The summed E-state index contributed by atoms with van der Waals surface area (Å²) < 4.78 is 0. The highest BCUT2D eigenvalue weighted by atomic mass is 15.1.